The Balaban J connectivity index is 0.00000392. The average molecular weight is 447 g/mol. The van der Waals surface area contributed by atoms with E-state index in [1.165, 1.54) is 6.42 Å². The Labute approximate surface area is 187 Å². The first-order valence-corrected chi connectivity index (χ1v) is 10.1. The van der Waals surface area contributed by atoms with Gasteiger partial charge in [0, 0.05) is 17.9 Å². The summed E-state index contributed by atoms with van der Waals surface area (Å²) >= 11 is 0. The lowest BCUT2D eigenvalue weighted by molar-refractivity contribution is -0.125. The summed E-state index contributed by atoms with van der Waals surface area (Å²) in [5.74, 6) is -0.0775. The molecule has 8 heteroatoms. The van der Waals surface area contributed by atoms with Crippen molar-refractivity contribution in [3.63, 3.8) is 0 Å². The number of hydrogen-bond donors (Lipinski definition) is 3. The van der Waals surface area contributed by atoms with Crippen LogP contribution in [0, 0.1) is 12.3 Å². The SMILES string of the molecule is CCC(CC)(CN)C(=O)Nc1ccc(C)c(NC(=O)CN2CCCCC2)c1.Cl.Cl. The second-order valence-corrected chi connectivity index (χ2v) is 7.56. The number of piperidine rings is 1. The van der Waals surface area contributed by atoms with E-state index in [0.29, 0.717) is 31.6 Å². The van der Waals surface area contributed by atoms with Gasteiger partial charge in [0.15, 0.2) is 0 Å². The van der Waals surface area contributed by atoms with Crippen LogP contribution in [0.3, 0.4) is 0 Å². The molecule has 1 fully saturated rings. The monoisotopic (exact) mass is 446 g/mol. The van der Waals surface area contributed by atoms with Crippen molar-refractivity contribution in [3.05, 3.63) is 23.8 Å². The van der Waals surface area contributed by atoms with Gasteiger partial charge in [-0.05, 0) is 63.4 Å². The number of rotatable bonds is 8. The van der Waals surface area contributed by atoms with E-state index >= 15 is 0 Å². The lowest BCUT2D eigenvalue weighted by Crippen LogP contribution is -2.41. The fraction of sp³-hybridized carbons (Fsp3) is 0.619. The highest BCUT2D eigenvalue weighted by Crippen LogP contribution is 2.28. The quantitative estimate of drug-likeness (QED) is 0.563. The molecule has 1 aliphatic heterocycles. The lowest BCUT2D eigenvalue weighted by Gasteiger charge is -2.28. The number of carbonyl (C=O) groups excluding carboxylic acids is 2. The van der Waals surface area contributed by atoms with Gasteiger partial charge in [-0.15, -0.1) is 24.8 Å². The third-order valence-electron chi connectivity index (χ3n) is 5.81. The highest BCUT2D eigenvalue weighted by Gasteiger charge is 2.33. The number of likely N-dealkylation sites (tertiary alicyclic amines) is 1. The number of nitrogens with two attached hydrogens (primary N) is 1. The summed E-state index contributed by atoms with van der Waals surface area (Å²) in [5, 5.41) is 5.97. The highest BCUT2D eigenvalue weighted by atomic mass is 35.5. The Kier molecular flexibility index (Phi) is 12.5. The number of anilines is 2. The number of benzene rings is 1. The molecule has 1 aliphatic rings. The molecule has 1 saturated heterocycles. The van der Waals surface area contributed by atoms with Crippen LogP contribution in [0.5, 0.6) is 0 Å². The smallest absolute Gasteiger partial charge is 0.238 e. The topological polar surface area (TPSA) is 87.5 Å². The number of nitrogens with zero attached hydrogens (tertiary/aromatic N) is 1. The number of amides is 2. The largest absolute Gasteiger partial charge is 0.329 e. The van der Waals surface area contributed by atoms with Crippen LogP contribution in [0.1, 0.15) is 51.5 Å². The first-order valence-electron chi connectivity index (χ1n) is 10.1. The molecule has 0 saturated carbocycles. The van der Waals surface area contributed by atoms with Crippen molar-refractivity contribution in [1.29, 1.82) is 0 Å². The van der Waals surface area contributed by atoms with Gasteiger partial charge in [-0.3, -0.25) is 14.5 Å². The van der Waals surface area contributed by atoms with Crippen molar-refractivity contribution in [2.24, 2.45) is 11.1 Å². The van der Waals surface area contributed by atoms with E-state index in [9.17, 15) is 9.59 Å². The Morgan fingerprint density at radius 1 is 1.07 bits per heavy atom. The van der Waals surface area contributed by atoms with Gasteiger partial charge in [0.25, 0.3) is 0 Å². The Hall–Kier alpha value is -1.34. The van der Waals surface area contributed by atoms with E-state index in [4.69, 9.17) is 5.73 Å². The van der Waals surface area contributed by atoms with Gasteiger partial charge in [-0.1, -0.05) is 26.3 Å². The van der Waals surface area contributed by atoms with Gasteiger partial charge in [0.2, 0.25) is 11.8 Å². The molecule has 0 aliphatic carbocycles. The number of aryl methyl sites for hydroxylation is 1. The summed E-state index contributed by atoms with van der Waals surface area (Å²) in [6, 6.07) is 5.60. The first kappa shape index (κ1) is 27.7. The van der Waals surface area contributed by atoms with E-state index < -0.39 is 5.41 Å². The molecule has 6 nitrogen and oxygen atoms in total. The van der Waals surface area contributed by atoms with Crippen molar-refractivity contribution in [3.8, 4) is 0 Å². The molecule has 0 bridgehead atoms. The van der Waals surface area contributed by atoms with Crippen molar-refractivity contribution in [1.82, 2.24) is 4.90 Å². The normalized spacial score (nSPS) is 14.3. The zero-order valence-electron chi connectivity index (χ0n) is 17.8. The van der Waals surface area contributed by atoms with Crippen LogP contribution in [0.15, 0.2) is 18.2 Å². The van der Waals surface area contributed by atoms with Crippen LogP contribution >= 0.6 is 24.8 Å². The molecule has 0 atom stereocenters. The molecule has 2 rings (SSSR count). The molecule has 0 aromatic heterocycles. The summed E-state index contributed by atoms with van der Waals surface area (Å²) in [6.45, 7) is 8.61. The van der Waals surface area contributed by atoms with E-state index in [-0.39, 0.29) is 36.6 Å². The fourth-order valence-electron chi connectivity index (χ4n) is 3.56. The Morgan fingerprint density at radius 2 is 1.69 bits per heavy atom. The average Bonchev–Trinajstić information content (AvgIpc) is 2.67. The molecule has 0 radical (unpaired) electrons. The number of halogens is 2. The molecule has 1 aromatic rings. The van der Waals surface area contributed by atoms with Crippen LogP contribution < -0.4 is 16.4 Å². The summed E-state index contributed by atoms with van der Waals surface area (Å²) in [7, 11) is 0. The van der Waals surface area contributed by atoms with Crippen molar-refractivity contribution >= 4 is 48.0 Å². The number of nitrogens with one attached hydrogen (secondary N) is 2. The third kappa shape index (κ3) is 7.45. The highest BCUT2D eigenvalue weighted by molar-refractivity contribution is 5.97. The summed E-state index contributed by atoms with van der Waals surface area (Å²) in [6.07, 6.45) is 4.95. The lowest BCUT2D eigenvalue weighted by atomic mass is 9.81. The molecule has 1 aromatic carbocycles. The maximum absolute atomic E-state index is 12.7. The predicted molar refractivity (Wildman–Crippen MR) is 125 cm³/mol. The van der Waals surface area contributed by atoms with Crippen molar-refractivity contribution in [2.45, 2.75) is 52.9 Å². The Bertz CT molecular complexity index is 652. The summed E-state index contributed by atoms with van der Waals surface area (Å²) < 4.78 is 0. The van der Waals surface area contributed by atoms with Crippen LogP contribution in [-0.4, -0.2) is 42.9 Å². The summed E-state index contributed by atoms with van der Waals surface area (Å²) in [5.41, 5.74) is 7.70. The number of hydrogen-bond acceptors (Lipinski definition) is 4. The predicted octanol–water partition coefficient (Wildman–Crippen LogP) is 3.97. The Morgan fingerprint density at radius 3 is 2.24 bits per heavy atom. The molecule has 0 spiro atoms. The molecule has 2 amide bonds. The van der Waals surface area contributed by atoms with Crippen LogP contribution in [0.4, 0.5) is 11.4 Å². The second-order valence-electron chi connectivity index (χ2n) is 7.56. The van der Waals surface area contributed by atoms with Gasteiger partial charge in [-0.2, -0.15) is 0 Å². The molecule has 29 heavy (non-hydrogen) atoms. The van der Waals surface area contributed by atoms with Crippen molar-refractivity contribution in [2.75, 3.05) is 36.8 Å². The van der Waals surface area contributed by atoms with E-state index in [0.717, 1.165) is 37.2 Å². The molecule has 1 heterocycles. The minimum absolute atomic E-state index is 0. The third-order valence-corrected chi connectivity index (χ3v) is 5.81. The minimum Gasteiger partial charge on any atom is -0.329 e. The molecule has 166 valence electrons. The van der Waals surface area contributed by atoms with Gasteiger partial charge in [-0.25, -0.2) is 0 Å². The molecular weight excluding hydrogens is 411 g/mol. The molecular formula is C21H36Cl2N4O2. The van der Waals surface area contributed by atoms with Crippen LogP contribution in [0.25, 0.3) is 0 Å². The second kappa shape index (κ2) is 13.1. The van der Waals surface area contributed by atoms with Gasteiger partial charge < -0.3 is 16.4 Å². The van der Waals surface area contributed by atoms with Crippen LogP contribution in [-0.2, 0) is 9.59 Å². The fourth-order valence-corrected chi connectivity index (χ4v) is 3.56. The van der Waals surface area contributed by atoms with Crippen LogP contribution in [0.2, 0.25) is 0 Å². The molecule has 0 unspecified atom stereocenters. The standard InChI is InChI=1S/C21H34N4O2.2ClH/c1-4-21(5-2,15-22)20(27)23-17-10-9-16(3)18(13-17)24-19(26)14-25-11-7-6-8-12-25;;/h9-10,13H,4-8,11-12,14-15,22H2,1-3H3,(H,23,27)(H,24,26);2*1H. The van der Waals surface area contributed by atoms with E-state index in [2.05, 4.69) is 15.5 Å². The van der Waals surface area contributed by atoms with Gasteiger partial charge in [0.05, 0.1) is 12.0 Å². The van der Waals surface area contributed by atoms with E-state index in [1.807, 2.05) is 39.0 Å². The van der Waals surface area contributed by atoms with Crippen molar-refractivity contribution < 1.29 is 9.59 Å². The molecule has 4 N–H and O–H groups in total. The first-order chi connectivity index (χ1) is 12.9. The number of carbonyl (C=O) groups is 2. The van der Waals surface area contributed by atoms with Gasteiger partial charge >= 0.3 is 0 Å². The summed E-state index contributed by atoms with van der Waals surface area (Å²) in [4.78, 5) is 27.3. The van der Waals surface area contributed by atoms with E-state index in [1.54, 1.807) is 0 Å². The zero-order chi connectivity index (χ0) is 19.9. The maximum Gasteiger partial charge on any atom is 0.238 e. The maximum atomic E-state index is 12.7. The van der Waals surface area contributed by atoms with Gasteiger partial charge in [0.1, 0.15) is 0 Å². The zero-order valence-corrected chi connectivity index (χ0v) is 19.4. The minimum atomic E-state index is -0.553.